The average Bonchev–Trinajstić information content (AvgIpc) is 3.22. The van der Waals surface area contributed by atoms with Gasteiger partial charge in [0.1, 0.15) is 5.75 Å². The number of phenols is 1. The Balaban J connectivity index is 1.81. The first kappa shape index (κ1) is 17.5. The molecule has 2 aliphatic rings. The van der Waals surface area contributed by atoms with Crippen molar-refractivity contribution in [3.8, 4) is 5.75 Å². The third kappa shape index (κ3) is 2.64. The van der Waals surface area contributed by atoms with Gasteiger partial charge in [-0.25, -0.2) is 0 Å². The second-order valence-electron chi connectivity index (χ2n) is 7.80. The van der Waals surface area contributed by atoms with E-state index in [1.165, 1.54) is 0 Å². The molecule has 4 heteroatoms. The first-order valence-corrected chi connectivity index (χ1v) is 9.55. The molecule has 0 spiro atoms. The number of nitrogens with one attached hydrogen (secondary N) is 1. The number of likely N-dealkylation sites (tertiary alicyclic amines) is 1. The highest BCUT2D eigenvalue weighted by Crippen LogP contribution is 2.52. The van der Waals surface area contributed by atoms with Crippen LogP contribution in [0.25, 0.3) is 0 Å². The standard InChI is InChI=1S/C22H28N2O2/c1-3-24-12-18-19(13-24)22(14-25,16-7-5-4-6-8-16)23-21(18)17-11-15(2)9-10-20(17)26/h4-11,18-19,21,23,25-26H,3,12-14H2,1-2H3/t18-,19+,21-,22-/m1/s1. The van der Waals surface area contributed by atoms with Gasteiger partial charge in [-0.3, -0.25) is 5.32 Å². The smallest absolute Gasteiger partial charge is 0.120 e. The lowest BCUT2D eigenvalue weighted by Crippen LogP contribution is -2.48. The molecule has 2 heterocycles. The van der Waals surface area contributed by atoms with E-state index in [1.807, 2.05) is 24.3 Å². The van der Waals surface area contributed by atoms with Crippen molar-refractivity contribution >= 4 is 0 Å². The molecule has 4 nitrogen and oxygen atoms in total. The Morgan fingerprint density at radius 1 is 1.15 bits per heavy atom. The van der Waals surface area contributed by atoms with Crippen LogP contribution in [0.15, 0.2) is 48.5 Å². The third-order valence-electron chi connectivity index (χ3n) is 6.42. The van der Waals surface area contributed by atoms with E-state index in [2.05, 4.69) is 42.3 Å². The van der Waals surface area contributed by atoms with Crippen LogP contribution in [0.1, 0.15) is 29.7 Å². The molecule has 0 aromatic heterocycles. The van der Waals surface area contributed by atoms with Crippen molar-refractivity contribution in [2.75, 3.05) is 26.2 Å². The van der Waals surface area contributed by atoms with Crippen molar-refractivity contribution < 1.29 is 10.2 Å². The minimum atomic E-state index is -0.475. The molecule has 2 aliphatic heterocycles. The van der Waals surface area contributed by atoms with E-state index < -0.39 is 5.54 Å². The number of fused-ring (bicyclic) bond motifs is 1. The van der Waals surface area contributed by atoms with E-state index >= 15 is 0 Å². The fourth-order valence-electron chi connectivity index (χ4n) is 5.04. The van der Waals surface area contributed by atoms with Crippen LogP contribution in [0.3, 0.4) is 0 Å². The Labute approximate surface area is 155 Å². The number of aryl methyl sites for hydroxylation is 1. The molecular weight excluding hydrogens is 324 g/mol. The molecule has 26 heavy (non-hydrogen) atoms. The molecule has 0 unspecified atom stereocenters. The van der Waals surface area contributed by atoms with Crippen LogP contribution >= 0.6 is 0 Å². The topological polar surface area (TPSA) is 55.7 Å². The lowest BCUT2D eigenvalue weighted by Gasteiger charge is -2.35. The van der Waals surface area contributed by atoms with Gasteiger partial charge in [-0.05, 0) is 31.0 Å². The molecular formula is C22H28N2O2. The minimum Gasteiger partial charge on any atom is -0.508 e. The van der Waals surface area contributed by atoms with Gasteiger partial charge in [0.05, 0.1) is 12.1 Å². The summed E-state index contributed by atoms with van der Waals surface area (Å²) in [6, 6.07) is 16.1. The number of hydrogen-bond acceptors (Lipinski definition) is 4. The van der Waals surface area contributed by atoms with Crippen molar-refractivity contribution in [3.63, 3.8) is 0 Å². The summed E-state index contributed by atoms with van der Waals surface area (Å²) in [4.78, 5) is 2.46. The number of benzene rings is 2. The van der Waals surface area contributed by atoms with Gasteiger partial charge in [-0.15, -0.1) is 0 Å². The summed E-state index contributed by atoms with van der Waals surface area (Å²) in [5.74, 6) is 0.998. The zero-order valence-corrected chi connectivity index (χ0v) is 15.5. The summed E-state index contributed by atoms with van der Waals surface area (Å²) in [5, 5.41) is 24.8. The van der Waals surface area contributed by atoms with E-state index in [-0.39, 0.29) is 12.6 Å². The van der Waals surface area contributed by atoms with E-state index in [1.54, 1.807) is 6.07 Å². The number of nitrogens with zero attached hydrogens (tertiary/aromatic N) is 1. The molecule has 4 atom stereocenters. The quantitative estimate of drug-likeness (QED) is 0.792. The zero-order valence-electron chi connectivity index (χ0n) is 15.5. The number of rotatable bonds is 4. The Bertz CT molecular complexity index is 779. The second kappa shape index (κ2) is 6.69. The summed E-state index contributed by atoms with van der Waals surface area (Å²) in [5.41, 5.74) is 2.74. The average molecular weight is 352 g/mol. The maximum Gasteiger partial charge on any atom is 0.120 e. The SMILES string of the molecule is CCN1C[C@H]2[C@@H](c3cc(C)ccc3O)N[C@](CO)(c3ccccc3)[C@H]2C1. The van der Waals surface area contributed by atoms with Gasteiger partial charge in [-0.2, -0.15) is 0 Å². The fraction of sp³-hybridized carbons (Fsp3) is 0.455. The predicted molar refractivity (Wildman–Crippen MR) is 103 cm³/mol. The van der Waals surface area contributed by atoms with Crippen molar-refractivity contribution in [2.45, 2.75) is 25.4 Å². The van der Waals surface area contributed by atoms with Gasteiger partial charge in [0, 0.05) is 30.6 Å². The monoisotopic (exact) mass is 352 g/mol. The lowest BCUT2D eigenvalue weighted by molar-refractivity contribution is 0.127. The molecule has 0 saturated carbocycles. The van der Waals surface area contributed by atoms with Crippen LogP contribution in [0, 0.1) is 18.8 Å². The molecule has 2 aromatic carbocycles. The molecule has 0 bridgehead atoms. The minimum absolute atomic E-state index is 0.0313. The summed E-state index contributed by atoms with van der Waals surface area (Å²) in [7, 11) is 0. The molecule has 138 valence electrons. The van der Waals surface area contributed by atoms with Gasteiger partial charge in [0.2, 0.25) is 0 Å². The van der Waals surface area contributed by atoms with E-state index in [0.717, 1.165) is 36.3 Å². The number of aliphatic hydroxyl groups is 1. The summed E-state index contributed by atoms with van der Waals surface area (Å²) >= 11 is 0. The number of phenolic OH excluding ortho intramolecular Hbond substituents is 1. The first-order chi connectivity index (χ1) is 12.6. The van der Waals surface area contributed by atoms with E-state index in [9.17, 15) is 10.2 Å². The van der Waals surface area contributed by atoms with Crippen LogP contribution in [0.4, 0.5) is 0 Å². The van der Waals surface area contributed by atoms with Gasteiger partial charge in [0.25, 0.3) is 0 Å². The lowest BCUT2D eigenvalue weighted by atomic mass is 9.76. The Morgan fingerprint density at radius 3 is 2.62 bits per heavy atom. The molecule has 0 radical (unpaired) electrons. The number of aromatic hydroxyl groups is 1. The summed E-state index contributed by atoms with van der Waals surface area (Å²) in [6.45, 7) is 7.26. The van der Waals surface area contributed by atoms with Crippen LogP contribution in [-0.4, -0.2) is 41.4 Å². The highest BCUT2D eigenvalue weighted by Gasteiger charge is 2.57. The molecule has 3 N–H and O–H groups in total. The molecule has 2 aromatic rings. The number of hydrogen-bond donors (Lipinski definition) is 3. The summed E-state index contributed by atoms with van der Waals surface area (Å²) in [6.07, 6.45) is 0. The fourth-order valence-corrected chi connectivity index (χ4v) is 5.04. The maximum absolute atomic E-state index is 10.5. The van der Waals surface area contributed by atoms with Crippen LogP contribution in [-0.2, 0) is 5.54 Å². The molecule has 2 saturated heterocycles. The van der Waals surface area contributed by atoms with Crippen molar-refractivity contribution in [2.24, 2.45) is 11.8 Å². The first-order valence-electron chi connectivity index (χ1n) is 9.55. The molecule has 0 amide bonds. The second-order valence-corrected chi connectivity index (χ2v) is 7.80. The van der Waals surface area contributed by atoms with Crippen molar-refractivity contribution in [1.82, 2.24) is 10.2 Å². The van der Waals surface area contributed by atoms with E-state index in [4.69, 9.17) is 0 Å². The highest BCUT2D eigenvalue weighted by molar-refractivity contribution is 5.42. The van der Waals surface area contributed by atoms with Gasteiger partial charge < -0.3 is 15.1 Å². The Hall–Kier alpha value is -1.88. The third-order valence-corrected chi connectivity index (χ3v) is 6.42. The van der Waals surface area contributed by atoms with Crippen LogP contribution < -0.4 is 5.32 Å². The molecule has 4 rings (SSSR count). The predicted octanol–water partition coefficient (Wildman–Crippen LogP) is 2.80. The largest absolute Gasteiger partial charge is 0.508 e. The normalized spacial score (nSPS) is 31.3. The zero-order chi connectivity index (χ0) is 18.3. The Morgan fingerprint density at radius 2 is 1.92 bits per heavy atom. The van der Waals surface area contributed by atoms with Crippen LogP contribution in [0.5, 0.6) is 5.75 Å². The Kier molecular flexibility index (Phi) is 4.51. The van der Waals surface area contributed by atoms with Gasteiger partial charge >= 0.3 is 0 Å². The number of aliphatic hydroxyl groups excluding tert-OH is 1. The van der Waals surface area contributed by atoms with Gasteiger partial charge in [-0.1, -0.05) is 55.0 Å². The van der Waals surface area contributed by atoms with Crippen molar-refractivity contribution in [1.29, 1.82) is 0 Å². The van der Waals surface area contributed by atoms with Crippen molar-refractivity contribution in [3.05, 3.63) is 65.2 Å². The van der Waals surface area contributed by atoms with Gasteiger partial charge in [0.15, 0.2) is 0 Å². The molecule has 2 fully saturated rings. The summed E-state index contributed by atoms with van der Waals surface area (Å²) < 4.78 is 0. The maximum atomic E-state index is 10.5. The van der Waals surface area contributed by atoms with Crippen LogP contribution in [0.2, 0.25) is 0 Å². The van der Waals surface area contributed by atoms with E-state index in [0.29, 0.717) is 17.6 Å². The highest BCUT2D eigenvalue weighted by atomic mass is 16.3. The molecule has 0 aliphatic carbocycles.